The fourth-order valence-electron chi connectivity index (χ4n) is 3.71. The normalized spacial score (nSPS) is 17.9. The van der Waals surface area contributed by atoms with Crippen LogP contribution in [0, 0.1) is 19.7 Å². The number of aryl methyl sites for hydroxylation is 2. The first kappa shape index (κ1) is 20.3. The number of benzene rings is 2. The van der Waals surface area contributed by atoms with Crippen LogP contribution in [0.2, 0.25) is 0 Å². The van der Waals surface area contributed by atoms with Crippen LogP contribution in [-0.4, -0.2) is 29.1 Å². The Balaban J connectivity index is 1.96. The van der Waals surface area contributed by atoms with Gasteiger partial charge in [0.25, 0.3) is 5.78 Å². The number of carbonyl (C=O) groups is 2. The Bertz CT molecular complexity index is 1230. The fourth-order valence-corrected chi connectivity index (χ4v) is 3.71. The van der Waals surface area contributed by atoms with Crippen molar-refractivity contribution in [2.24, 2.45) is 0 Å². The molecule has 1 N–H and O–H groups in total. The molecule has 4 rings (SSSR count). The van der Waals surface area contributed by atoms with Crippen LogP contribution < -0.4 is 9.64 Å². The average molecular weight is 422 g/mol. The van der Waals surface area contributed by atoms with Crippen molar-refractivity contribution in [1.29, 1.82) is 0 Å². The SMILES string of the molecule is COc1ccc(/C(O)=C2\C(=O)C(=O)N(c3cc(C)on3)[C@@H]2c2ccccc2F)cc1C. The summed E-state index contributed by atoms with van der Waals surface area (Å²) in [5.41, 5.74) is 0.832. The lowest BCUT2D eigenvalue weighted by Gasteiger charge is -2.23. The highest BCUT2D eigenvalue weighted by atomic mass is 19.1. The zero-order valence-electron chi connectivity index (χ0n) is 17.0. The zero-order valence-corrected chi connectivity index (χ0v) is 17.0. The number of amides is 1. The number of halogens is 1. The number of aromatic nitrogens is 1. The van der Waals surface area contributed by atoms with Gasteiger partial charge >= 0.3 is 5.91 Å². The lowest BCUT2D eigenvalue weighted by atomic mass is 9.94. The van der Waals surface area contributed by atoms with Gasteiger partial charge in [0.15, 0.2) is 5.82 Å². The molecule has 8 heteroatoms. The molecule has 0 aliphatic carbocycles. The smallest absolute Gasteiger partial charge is 0.301 e. The van der Waals surface area contributed by atoms with E-state index < -0.39 is 29.3 Å². The number of carbonyl (C=O) groups excluding carboxylic acids is 2. The number of Topliss-reactive ketones (excluding diaryl/α,β-unsaturated/α-hetero) is 1. The molecule has 158 valence electrons. The molecule has 0 unspecified atom stereocenters. The van der Waals surface area contributed by atoms with Gasteiger partial charge in [-0.1, -0.05) is 23.4 Å². The molecule has 1 saturated heterocycles. The van der Waals surface area contributed by atoms with E-state index in [0.717, 1.165) is 10.5 Å². The standard InChI is InChI=1S/C23H19FN2O5/c1-12-10-14(8-9-17(12)30-3)21(27)19-20(15-6-4-5-7-16(15)24)26(23(29)22(19)28)18-11-13(2)31-25-18/h4-11,20,27H,1-3H3/b21-19+/t20-/m1/s1. The first-order chi connectivity index (χ1) is 14.8. The number of nitrogens with zero attached hydrogens (tertiary/aromatic N) is 2. The first-order valence-corrected chi connectivity index (χ1v) is 9.47. The minimum Gasteiger partial charge on any atom is -0.507 e. The first-order valence-electron chi connectivity index (χ1n) is 9.47. The van der Waals surface area contributed by atoms with E-state index in [2.05, 4.69) is 5.16 Å². The zero-order chi connectivity index (χ0) is 22.3. The van der Waals surface area contributed by atoms with Crippen molar-refractivity contribution in [1.82, 2.24) is 5.16 Å². The van der Waals surface area contributed by atoms with Crippen molar-refractivity contribution in [2.75, 3.05) is 12.0 Å². The van der Waals surface area contributed by atoms with Gasteiger partial charge in [0.2, 0.25) is 0 Å². The van der Waals surface area contributed by atoms with Crippen molar-refractivity contribution in [3.63, 3.8) is 0 Å². The summed E-state index contributed by atoms with van der Waals surface area (Å²) < 4.78 is 25.1. The van der Waals surface area contributed by atoms with Crippen molar-refractivity contribution in [3.05, 3.63) is 82.4 Å². The molecular formula is C23H19FN2O5. The van der Waals surface area contributed by atoms with Crippen LogP contribution in [-0.2, 0) is 9.59 Å². The number of aliphatic hydroxyl groups is 1. The lowest BCUT2D eigenvalue weighted by molar-refractivity contribution is -0.132. The van der Waals surface area contributed by atoms with Crippen LogP contribution in [0.15, 0.2) is 58.6 Å². The van der Waals surface area contributed by atoms with Crippen LogP contribution in [0.5, 0.6) is 5.75 Å². The molecule has 1 atom stereocenters. The van der Waals surface area contributed by atoms with Crippen molar-refractivity contribution in [2.45, 2.75) is 19.9 Å². The number of hydrogen-bond acceptors (Lipinski definition) is 6. The largest absolute Gasteiger partial charge is 0.507 e. The predicted molar refractivity (Wildman–Crippen MR) is 110 cm³/mol. The van der Waals surface area contributed by atoms with Crippen molar-refractivity contribution in [3.8, 4) is 5.75 Å². The number of anilines is 1. The molecule has 7 nitrogen and oxygen atoms in total. The van der Waals surface area contributed by atoms with Gasteiger partial charge in [-0.25, -0.2) is 4.39 Å². The Morgan fingerprint density at radius 2 is 1.90 bits per heavy atom. The van der Waals surface area contributed by atoms with Gasteiger partial charge in [0.05, 0.1) is 18.7 Å². The van der Waals surface area contributed by atoms with Crippen LogP contribution >= 0.6 is 0 Å². The predicted octanol–water partition coefficient (Wildman–Crippen LogP) is 4.07. The lowest BCUT2D eigenvalue weighted by Crippen LogP contribution is -2.30. The molecule has 0 saturated carbocycles. The summed E-state index contributed by atoms with van der Waals surface area (Å²) in [5.74, 6) is -1.86. The Hall–Kier alpha value is -3.94. The van der Waals surface area contributed by atoms with Gasteiger partial charge in [-0.05, 0) is 43.7 Å². The molecule has 1 aliphatic rings. The second-order valence-corrected chi connectivity index (χ2v) is 7.17. The fraction of sp³-hybridized carbons (Fsp3) is 0.174. The summed E-state index contributed by atoms with van der Waals surface area (Å²) in [6.07, 6.45) is 0. The summed E-state index contributed by atoms with van der Waals surface area (Å²) in [6.45, 7) is 3.41. The maximum Gasteiger partial charge on any atom is 0.301 e. The van der Waals surface area contributed by atoms with Crippen molar-refractivity contribution >= 4 is 23.3 Å². The highest BCUT2D eigenvalue weighted by molar-refractivity contribution is 6.51. The van der Waals surface area contributed by atoms with Crippen LogP contribution in [0.4, 0.5) is 10.2 Å². The van der Waals surface area contributed by atoms with Gasteiger partial charge in [-0.15, -0.1) is 0 Å². The van der Waals surface area contributed by atoms with Crippen molar-refractivity contribution < 1.29 is 28.3 Å². The van der Waals surface area contributed by atoms with Gasteiger partial charge < -0.3 is 14.4 Å². The molecule has 31 heavy (non-hydrogen) atoms. The van der Waals surface area contributed by atoms with E-state index >= 15 is 0 Å². The van der Waals surface area contributed by atoms with E-state index in [-0.39, 0.29) is 17.0 Å². The molecular weight excluding hydrogens is 403 g/mol. The second kappa shape index (κ2) is 7.71. The van der Waals surface area contributed by atoms with Gasteiger partial charge in [0.1, 0.15) is 23.1 Å². The number of hydrogen-bond donors (Lipinski definition) is 1. The number of ether oxygens (including phenoxy) is 1. The van der Waals surface area contributed by atoms with E-state index in [9.17, 15) is 19.1 Å². The molecule has 3 aromatic rings. The van der Waals surface area contributed by atoms with E-state index in [1.54, 1.807) is 38.1 Å². The number of aliphatic hydroxyl groups excluding tert-OH is 1. The summed E-state index contributed by atoms with van der Waals surface area (Å²) in [7, 11) is 1.52. The Morgan fingerprint density at radius 1 is 1.16 bits per heavy atom. The maximum atomic E-state index is 14.8. The molecule has 0 bridgehead atoms. The van der Waals surface area contributed by atoms with E-state index in [1.807, 2.05) is 0 Å². The summed E-state index contributed by atoms with van der Waals surface area (Å²) in [5, 5.41) is 14.9. The minimum atomic E-state index is -1.21. The van der Waals surface area contributed by atoms with E-state index in [1.165, 1.54) is 31.4 Å². The molecule has 1 aromatic heterocycles. The van der Waals surface area contributed by atoms with Gasteiger partial charge in [-0.2, -0.15) is 0 Å². The third-order valence-corrected chi connectivity index (χ3v) is 5.17. The number of methoxy groups -OCH3 is 1. The van der Waals surface area contributed by atoms with E-state index in [0.29, 0.717) is 17.1 Å². The van der Waals surface area contributed by atoms with Crippen LogP contribution in [0.1, 0.15) is 28.5 Å². The highest BCUT2D eigenvalue weighted by Gasteiger charge is 2.48. The molecule has 1 aliphatic heterocycles. The maximum absolute atomic E-state index is 14.8. The molecule has 2 heterocycles. The summed E-state index contributed by atoms with van der Waals surface area (Å²) >= 11 is 0. The molecule has 0 spiro atoms. The van der Waals surface area contributed by atoms with Gasteiger partial charge in [-0.3, -0.25) is 14.5 Å². The minimum absolute atomic E-state index is 0.0501. The van der Waals surface area contributed by atoms with E-state index in [4.69, 9.17) is 9.26 Å². The third-order valence-electron chi connectivity index (χ3n) is 5.17. The average Bonchev–Trinajstić information content (AvgIpc) is 3.28. The summed E-state index contributed by atoms with van der Waals surface area (Å²) in [4.78, 5) is 27.0. The third kappa shape index (κ3) is 3.35. The highest BCUT2D eigenvalue weighted by Crippen LogP contribution is 2.42. The van der Waals surface area contributed by atoms with Gasteiger partial charge in [0, 0.05) is 17.2 Å². The Labute approximate surface area is 177 Å². The second-order valence-electron chi connectivity index (χ2n) is 7.17. The summed E-state index contributed by atoms with van der Waals surface area (Å²) in [6, 6.07) is 10.8. The topological polar surface area (TPSA) is 92.9 Å². The monoisotopic (exact) mass is 422 g/mol. The van der Waals surface area contributed by atoms with Crippen LogP contribution in [0.25, 0.3) is 5.76 Å². The molecule has 0 radical (unpaired) electrons. The number of ketones is 1. The Morgan fingerprint density at radius 3 is 2.52 bits per heavy atom. The molecule has 1 amide bonds. The van der Waals surface area contributed by atoms with Crippen LogP contribution in [0.3, 0.4) is 0 Å². The molecule has 2 aromatic carbocycles. The Kier molecular flexibility index (Phi) is 5.06. The quantitative estimate of drug-likeness (QED) is 0.387. The molecule has 1 fully saturated rings. The number of rotatable bonds is 4.